The Morgan fingerprint density at radius 1 is 0.778 bits per heavy atom. The summed E-state index contributed by atoms with van der Waals surface area (Å²) in [5.74, 6) is 4.35. The van der Waals surface area contributed by atoms with Crippen LogP contribution >= 0.6 is 0 Å². The summed E-state index contributed by atoms with van der Waals surface area (Å²) in [5.41, 5.74) is 0. The second kappa shape index (κ2) is 5.94. The van der Waals surface area contributed by atoms with Gasteiger partial charge in [-0.05, 0) is 68.7 Å². The largest absolute Gasteiger partial charge is 0.313 e. The van der Waals surface area contributed by atoms with Crippen LogP contribution in [0.3, 0.4) is 0 Å². The van der Waals surface area contributed by atoms with Gasteiger partial charge >= 0.3 is 0 Å². The number of rotatable bonds is 7. The highest BCUT2D eigenvalue weighted by Gasteiger charge is 2.47. The molecular formula is C17H31N. The number of hydrogen-bond acceptors (Lipinski definition) is 1. The quantitative estimate of drug-likeness (QED) is 0.661. The Bertz CT molecular complexity index is 232. The minimum absolute atomic E-state index is 0.906. The molecule has 104 valence electrons. The predicted molar refractivity (Wildman–Crippen MR) is 77.6 cm³/mol. The topological polar surface area (TPSA) is 12.0 Å². The summed E-state index contributed by atoms with van der Waals surface area (Å²) in [5, 5.41) is 3.94. The molecule has 4 bridgehead atoms. The highest BCUT2D eigenvalue weighted by molar-refractivity contribution is 5.01. The molecule has 1 nitrogen and oxygen atoms in total. The Labute approximate surface area is 113 Å². The van der Waals surface area contributed by atoms with Crippen LogP contribution in [0.2, 0.25) is 0 Å². The standard InChI is InChI=1S/C17H31N/c1-2-3-4-5-6-7-18-17-15-9-13-8-14(11-15)12-16(17)10-13/h13-18H,2-12H2,1H3. The van der Waals surface area contributed by atoms with Gasteiger partial charge in [-0.15, -0.1) is 0 Å². The molecule has 0 amide bonds. The molecule has 0 unspecified atom stereocenters. The van der Waals surface area contributed by atoms with Crippen LogP contribution in [0.25, 0.3) is 0 Å². The molecule has 0 atom stereocenters. The van der Waals surface area contributed by atoms with Gasteiger partial charge in [0, 0.05) is 6.04 Å². The van der Waals surface area contributed by atoms with Gasteiger partial charge in [0.05, 0.1) is 0 Å². The van der Waals surface area contributed by atoms with E-state index in [2.05, 4.69) is 12.2 Å². The molecular weight excluding hydrogens is 218 g/mol. The van der Waals surface area contributed by atoms with Crippen LogP contribution in [-0.2, 0) is 0 Å². The molecule has 0 heterocycles. The third-order valence-electron chi connectivity index (χ3n) is 5.89. The summed E-state index contributed by atoms with van der Waals surface area (Å²) >= 11 is 0. The number of unbranched alkanes of at least 4 members (excludes halogenated alkanes) is 4. The molecule has 0 aromatic rings. The highest BCUT2D eigenvalue weighted by Crippen LogP contribution is 2.53. The maximum atomic E-state index is 3.94. The molecule has 1 heteroatoms. The minimum atomic E-state index is 0.906. The molecule has 0 aromatic heterocycles. The third kappa shape index (κ3) is 2.76. The molecule has 0 spiro atoms. The number of hydrogen-bond donors (Lipinski definition) is 1. The Morgan fingerprint density at radius 2 is 1.39 bits per heavy atom. The zero-order valence-electron chi connectivity index (χ0n) is 12.2. The first-order valence-corrected chi connectivity index (χ1v) is 8.60. The van der Waals surface area contributed by atoms with E-state index in [1.807, 2.05) is 0 Å². The maximum absolute atomic E-state index is 3.94. The zero-order valence-corrected chi connectivity index (χ0v) is 12.2. The second-order valence-corrected chi connectivity index (χ2v) is 7.32. The van der Waals surface area contributed by atoms with E-state index >= 15 is 0 Å². The fraction of sp³-hybridized carbons (Fsp3) is 1.00. The lowest BCUT2D eigenvalue weighted by Gasteiger charge is -2.54. The second-order valence-electron chi connectivity index (χ2n) is 7.32. The van der Waals surface area contributed by atoms with Crippen molar-refractivity contribution in [1.29, 1.82) is 0 Å². The van der Waals surface area contributed by atoms with E-state index < -0.39 is 0 Å². The van der Waals surface area contributed by atoms with Crippen molar-refractivity contribution in [3.8, 4) is 0 Å². The first-order chi connectivity index (χ1) is 8.86. The summed E-state index contributed by atoms with van der Waals surface area (Å²) in [6.45, 7) is 3.59. The van der Waals surface area contributed by atoms with Crippen LogP contribution in [0.15, 0.2) is 0 Å². The minimum Gasteiger partial charge on any atom is -0.313 e. The Hall–Kier alpha value is -0.0400. The lowest BCUT2D eigenvalue weighted by atomic mass is 9.54. The normalized spacial score (nSPS) is 41.5. The van der Waals surface area contributed by atoms with Crippen molar-refractivity contribution in [2.45, 2.75) is 77.2 Å². The van der Waals surface area contributed by atoms with Crippen LogP contribution in [0.4, 0.5) is 0 Å². The highest BCUT2D eigenvalue weighted by atomic mass is 14.9. The van der Waals surface area contributed by atoms with E-state index in [0.717, 1.165) is 29.7 Å². The molecule has 0 aliphatic heterocycles. The van der Waals surface area contributed by atoms with Crippen LogP contribution in [0.5, 0.6) is 0 Å². The van der Waals surface area contributed by atoms with Crippen molar-refractivity contribution in [2.24, 2.45) is 23.7 Å². The van der Waals surface area contributed by atoms with Gasteiger partial charge in [-0.3, -0.25) is 0 Å². The van der Waals surface area contributed by atoms with Gasteiger partial charge in [-0.1, -0.05) is 32.6 Å². The average molecular weight is 249 g/mol. The van der Waals surface area contributed by atoms with E-state index in [1.54, 1.807) is 32.1 Å². The van der Waals surface area contributed by atoms with Gasteiger partial charge in [0.15, 0.2) is 0 Å². The fourth-order valence-electron chi connectivity index (χ4n) is 5.26. The molecule has 4 fully saturated rings. The summed E-state index contributed by atoms with van der Waals surface area (Å²) < 4.78 is 0. The van der Waals surface area contributed by atoms with Crippen LogP contribution < -0.4 is 5.32 Å². The molecule has 4 aliphatic carbocycles. The first kappa shape index (κ1) is 13.0. The van der Waals surface area contributed by atoms with E-state index in [1.165, 1.54) is 38.6 Å². The van der Waals surface area contributed by atoms with Crippen LogP contribution in [0, 0.1) is 23.7 Å². The summed E-state index contributed by atoms with van der Waals surface area (Å²) in [6, 6.07) is 0.906. The molecule has 4 saturated carbocycles. The van der Waals surface area contributed by atoms with Crippen molar-refractivity contribution in [1.82, 2.24) is 5.32 Å². The van der Waals surface area contributed by atoms with E-state index in [9.17, 15) is 0 Å². The Kier molecular flexibility index (Phi) is 4.28. The molecule has 4 aliphatic rings. The summed E-state index contributed by atoms with van der Waals surface area (Å²) in [4.78, 5) is 0. The van der Waals surface area contributed by atoms with E-state index in [4.69, 9.17) is 0 Å². The first-order valence-electron chi connectivity index (χ1n) is 8.60. The molecule has 0 radical (unpaired) electrons. The lowest BCUT2D eigenvalue weighted by Crippen LogP contribution is -2.54. The summed E-state index contributed by atoms with van der Waals surface area (Å²) in [6.07, 6.45) is 14.9. The number of nitrogens with one attached hydrogen (secondary N) is 1. The average Bonchev–Trinajstić information content (AvgIpc) is 2.35. The molecule has 18 heavy (non-hydrogen) atoms. The Morgan fingerprint density at radius 3 is 2.00 bits per heavy atom. The van der Waals surface area contributed by atoms with E-state index in [-0.39, 0.29) is 0 Å². The van der Waals surface area contributed by atoms with Crippen LogP contribution in [0.1, 0.15) is 71.1 Å². The van der Waals surface area contributed by atoms with Crippen molar-refractivity contribution >= 4 is 0 Å². The van der Waals surface area contributed by atoms with Gasteiger partial charge in [-0.2, -0.15) is 0 Å². The monoisotopic (exact) mass is 249 g/mol. The van der Waals surface area contributed by atoms with Gasteiger partial charge in [0.2, 0.25) is 0 Å². The van der Waals surface area contributed by atoms with Crippen molar-refractivity contribution < 1.29 is 0 Å². The SMILES string of the molecule is CCCCCCCNC1C2CC3CC(C2)CC1C3. The van der Waals surface area contributed by atoms with Crippen molar-refractivity contribution in [3.05, 3.63) is 0 Å². The third-order valence-corrected chi connectivity index (χ3v) is 5.89. The molecule has 4 rings (SSSR count). The summed E-state index contributed by atoms with van der Waals surface area (Å²) in [7, 11) is 0. The van der Waals surface area contributed by atoms with Crippen LogP contribution in [-0.4, -0.2) is 12.6 Å². The van der Waals surface area contributed by atoms with Crippen molar-refractivity contribution in [2.75, 3.05) is 6.54 Å². The van der Waals surface area contributed by atoms with Gasteiger partial charge in [0.1, 0.15) is 0 Å². The lowest BCUT2D eigenvalue weighted by molar-refractivity contribution is -0.0135. The maximum Gasteiger partial charge on any atom is 0.0124 e. The predicted octanol–water partition coefficient (Wildman–Crippen LogP) is 4.37. The fourth-order valence-corrected chi connectivity index (χ4v) is 5.26. The zero-order chi connectivity index (χ0) is 12.4. The molecule has 0 saturated heterocycles. The van der Waals surface area contributed by atoms with Gasteiger partial charge < -0.3 is 5.32 Å². The smallest absolute Gasteiger partial charge is 0.0124 e. The molecule has 1 N–H and O–H groups in total. The van der Waals surface area contributed by atoms with E-state index in [0.29, 0.717) is 0 Å². The van der Waals surface area contributed by atoms with Gasteiger partial charge in [-0.25, -0.2) is 0 Å². The Balaban J connectivity index is 1.38. The van der Waals surface area contributed by atoms with Crippen molar-refractivity contribution in [3.63, 3.8) is 0 Å². The van der Waals surface area contributed by atoms with Gasteiger partial charge in [0.25, 0.3) is 0 Å². The molecule has 0 aromatic carbocycles.